The number of ether oxygens (including phenoxy) is 1. The Morgan fingerprint density at radius 1 is 0.974 bits per heavy atom. The lowest BCUT2D eigenvalue weighted by Crippen LogP contribution is -2.42. The zero-order valence-electron chi connectivity index (χ0n) is 21.7. The molecule has 0 saturated carbocycles. The van der Waals surface area contributed by atoms with Gasteiger partial charge in [0.05, 0.1) is 0 Å². The Bertz CT molecular complexity index is 1380. The molecule has 0 aliphatic carbocycles. The van der Waals surface area contributed by atoms with Crippen molar-refractivity contribution in [3.05, 3.63) is 113 Å². The molecule has 0 unspecified atom stereocenters. The number of urea groups is 1. The predicted molar refractivity (Wildman–Crippen MR) is 156 cm³/mol. The number of aromatic nitrogens is 1. The molecule has 200 valence electrons. The summed E-state index contributed by atoms with van der Waals surface area (Å²) in [6, 6.07) is 25.4. The lowest BCUT2D eigenvalue weighted by atomic mass is 9.98. The number of piperazine rings is 1. The number of benzene rings is 3. The second-order valence-corrected chi connectivity index (χ2v) is 9.95. The number of carbonyl (C=O) groups is 1. The van der Waals surface area contributed by atoms with Gasteiger partial charge >= 0.3 is 6.03 Å². The number of anilines is 1. The van der Waals surface area contributed by atoms with Crippen LogP contribution in [-0.4, -0.2) is 42.1 Å². The van der Waals surface area contributed by atoms with E-state index < -0.39 is 0 Å². The number of hydrogen-bond acceptors (Lipinski definition) is 5. The van der Waals surface area contributed by atoms with Gasteiger partial charge in [0.2, 0.25) is 0 Å². The first kappa shape index (κ1) is 26.7. The average Bonchev–Trinajstić information content (AvgIpc) is 2.97. The Morgan fingerprint density at radius 2 is 1.79 bits per heavy atom. The van der Waals surface area contributed by atoms with Crippen LogP contribution >= 0.6 is 11.6 Å². The van der Waals surface area contributed by atoms with Gasteiger partial charge < -0.3 is 20.7 Å². The van der Waals surface area contributed by atoms with Gasteiger partial charge in [0.15, 0.2) is 0 Å². The highest BCUT2D eigenvalue weighted by molar-refractivity contribution is 6.30. The van der Waals surface area contributed by atoms with Crippen LogP contribution in [0, 0.1) is 0 Å². The molecule has 4 aromatic rings. The summed E-state index contributed by atoms with van der Waals surface area (Å²) in [6.45, 7) is 5.92. The first-order chi connectivity index (χ1) is 19.1. The van der Waals surface area contributed by atoms with Gasteiger partial charge in [-0.2, -0.15) is 0 Å². The van der Waals surface area contributed by atoms with Crippen molar-refractivity contribution in [1.82, 2.24) is 20.5 Å². The first-order valence-corrected chi connectivity index (χ1v) is 13.5. The molecule has 0 bridgehead atoms. The number of carbonyl (C=O) groups excluding carboxylic acids is 1. The van der Waals surface area contributed by atoms with Crippen molar-refractivity contribution in [3.8, 4) is 16.9 Å². The lowest BCUT2D eigenvalue weighted by Gasteiger charge is -2.27. The molecule has 1 saturated heterocycles. The van der Waals surface area contributed by atoms with Crippen molar-refractivity contribution >= 4 is 23.3 Å². The summed E-state index contributed by atoms with van der Waals surface area (Å²) in [5.41, 5.74) is 6.14. The highest BCUT2D eigenvalue weighted by Crippen LogP contribution is 2.29. The molecule has 1 aromatic heterocycles. The van der Waals surface area contributed by atoms with Gasteiger partial charge in [0.1, 0.15) is 12.4 Å². The van der Waals surface area contributed by atoms with Crippen molar-refractivity contribution in [1.29, 1.82) is 0 Å². The third-order valence-corrected chi connectivity index (χ3v) is 6.84. The highest BCUT2D eigenvalue weighted by Gasteiger charge is 2.12. The Kier molecular flexibility index (Phi) is 9.06. The van der Waals surface area contributed by atoms with E-state index in [0.29, 0.717) is 29.6 Å². The van der Waals surface area contributed by atoms with Crippen LogP contribution in [0.4, 0.5) is 10.5 Å². The molecule has 1 aliphatic heterocycles. The van der Waals surface area contributed by atoms with Crippen molar-refractivity contribution in [2.45, 2.75) is 19.7 Å². The number of hydrogen-bond donors (Lipinski definition) is 3. The van der Waals surface area contributed by atoms with Crippen molar-refractivity contribution in [3.63, 3.8) is 0 Å². The fourth-order valence-electron chi connectivity index (χ4n) is 4.56. The predicted octanol–water partition coefficient (Wildman–Crippen LogP) is 5.71. The van der Waals surface area contributed by atoms with E-state index in [1.54, 1.807) is 12.4 Å². The summed E-state index contributed by atoms with van der Waals surface area (Å²) in [4.78, 5) is 18.8. The normalized spacial score (nSPS) is 13.6. The van der Waals surface area contributed by atoms with Crippen LogP contribution in [0.15, 0.2) is 91.3 Å². The standard InChI is InChI=1S/C31H32ClN5O2/c32-27-7-6-26(30(18-27)25-5-1-3-23(17-25)21-37-15-13-33-14-16-37)22-39-29-10-8-28(9-11-29)36-31(38)35-20-24-4-2-12-34-19-24/h1-12,17-19,33H,13-16,20-22H2,(H2,35,36,38). The SMILES string of the molecule is O=C(NCc1cccnc1)Nc1ccc(OCc2ccc(Cl)cc2-c2cccc(CN3CCNCC3)c2)cc1. The van der Waals surface area contributed by atoms with Crippen LogP contribution in [0.1, 0.15) is 16.7 Å². The quantitative estimate of drug-likeness (QED) is 0.253. The van der Waals surface area contributed by atoms with Crippen LogP contribution < -0.4 is 20.7 Å². The summed E-state index contributed by atoms with van der Waals surface area (Å²) in [6.07, 6.45) is 3.43. The second-order valence-electron chi connectivity index (χ2n) is 9.51. The van der Waals surface area contributed by atoms with Gasteiger partial charge in [0, 0.05) is 62.4 Å². The molecule has 5 rings (SSSR count). The first-order valence-electron chi connectivity index (χ1n) is 13.1. The fourth-order valence-corrected chi connectivity index (χ4v) is 4.74. The molecule has 7 nitrogen and oxygen atoms in total. The van der Waals surface area contributed by atoms with Gasteiger partial charge in [-0.05, 0) is 76.3 Å². The van der Waals surface area contributed by atoms with Crippen LogP contribution in [0.2, 0.25) is 5.02 Å². The zero-order chi connectivity index (χ0) is 26.9. The number of amides is 2. The Balaban J connectivity index is 1.19. The molecule has 3 aromatic carbocycles. The number of halogens is 1. The minimum atomic E-state index is -0.280. The Hall–Kier alpha value is -3.91. The summed E-state index contributed by atoms with van der Waals surface area (Å²) < 4.78 is 6.12. The molecule has 1 aliphatic rings. The number of nitrogens with zero attached hydrogens (tertiary/aromatic N) is 2. The molecular weight excluding hydrogens is 510 g/mol. The molecule has 2 amide bonds. The van der Waals surface area contributed by atoms with E-state index in [0.717, 1.165) is 55.0 Å². The summed E-state index contributed by atoms with van der Waals surface area (Å²) in [5.74, 6) is 0.713. The largest absolute Gasteiger partial charge is 0.489 e. The van der Waals surface area contributed by atoms with Gasteiger partial charge in [-0.1, -0.05) is 41.9 Å². The van der Waals surface area contributed by atoms with Crippen LogP contribution in [0.5, 0.6) is 5.75 Å². The molecule has 8 heteroatoms. The molecule has 0 atom stereocenters. The zero-order valence-corrected chi connectivity index (χ0v) is 22.5. The molecule has 1 fully saturated rings. The topological polar surface area (TPSA) is 78.5 Å². The lowest BCUT2D eigenvalue weighted by molar-refractivity contribution is 0.233. The maximum atomic E-state index is 12.2. The second kappa shape index (κ2) is 13.2. The van der Waals surface area contributed by atoms with Crippen molar-refractivity contribution in [2.24, 2.45) is 0 Å². The molecular formula is C31H32ClN5O2. The van der Waals surface area contributed by atoms with Crippen LogP contribution in [-0.2, 0) is 19.7 Å². The minimum absolute atomic E-state index is 0.280. The van der Waals surface area contributed by atoms with E-state index in [-0.39, 0.29) is 6.03 Å². The summed E-state index contributed by atoms with van der Waals surface area (Å²) in [7, 11) is 0. The van der Waals surface area contributed by atoms with Crippen LogP contribution in [0.25, 0.3) is 11.1 Å². The number of pyridine rings is 1. The van der Waals surface area contributed by atoms with E-state index in [2.05, 4.69) is 50.1 Å². The smallest absolute Gasteiger partial charge is 0.319 e. The van der Waals surface area contributed by atoms with E-state index >= 15 is 0 Å². The summed E-state index contributed by atoms with van der Waals surface area (Å²) in [5, 5.41) is 9.76. The molecule has 39 heavy (non-hydrogen) atoms. The Morgan fingerprint density at radius 3 is 2.59 bits per heavy atom. The van der Waals surface area contributed by atoms with Crippen molar-refractivity contribution < 1.29 is 9.53 Å². The van der Waals surface area contributed by atoms with E-state index in [1.165, 1.54) is 5.56 Å². The summed E-state index contributed by atoms with van der Waals surface area (Å²) >= 11 is 6.40. The Labute approximate surface area is 234 Å². The fraction of sp³-hybridized carbons (Fsp3) is 0.226. The highest BCUT2D eigenvalue weighted by atomic mass is 35.5. The molecule has 0 spiro atoms. The average molecular weight is 542 g/mol. The third-order valence-electron chi connectivity index (χ3n) is 6.61. The molecule has 3 N–H and O–H groups in total. The number of rotatable bonds is 9. The third kappa shape index (κ3) is 7.80. The maximum absolute atomic E-state index is 12.2. The van der Waals surface area contributed by atoms with E-state index in [1.807, 2.05) is 54.6 Å². The monoisotopic (exact) mass is 541 g/mol. The van der Waals surface area contributed by atoms with E-state index in [9.17, 15) is 4.79 Å². The van der Waals surface area contributed by atoms with Gasteiger partial charge in [-0.3, -0.25) is 9.88 Å². The number of nitrogens with one attached hydrogen (secondary N) is 3. The van der Waals surface area contributed by atoms with Gasteiger partial charge in [-0.25, -0.2) is 4.79 Å². The van der Waals surface area contributed by atoms with Gasteiger partial charge in [-0.15, -0.1) is 0 Å². The minimum Gasteiger partial charge on any atom is -0.489 e. The molecule has 2 heterocycles. The van der Waals surface area contributed by atoms with Crippen molar-refractivity contribution in [2.75, 3.05) is 31.5 Å². The van der Waals surface area contributed by atoms with Gasteiger partial charge in [0.25, 0.3) is 0 Å². The maximum Gasteiger partial charge on any atom is 0.319 e. The van der Waals surface area contributed by atoms with E-state index in [4.69, 9.17) is 16.3 Å². The molecule has 0 radical (unpaired) electrons. The van der Waals surface area contributed by atoms with Crippen LogP contribution in [0.3, 0.4) is 0 Å².